The third-order valence-corrected chi connectivity index (χ3v) is 12.3. The normalized spacial score (nSPS) is 14.2. The molecule has 0 aromatic heterocycles. The molecule has 0 amide bonds. The minimum Gasteiger partial charge on any atom is -0.302 e. The van der Waals surface area contributed by atoms with Crippen molar-refractivity contribution in [2.24, 2.45) is 11.8 Å². The molecule has 0 spiro atoms. The Labute approximate surface area is 322 Å². The highest BCUT2D eigenvalue weighted by Gasteiger charge is 2.25. The molecule has 1 N–H and O–H groups in total. The summed E-state index contributed by atoms with van der Waals surface area (Å²) in [5, 5.41) is 0. The van der Waals surface area contributed by atoms with Crippen LogP contribution in [0.25, 0.3) is 0 Å². The van der Waals surface area contributed by atoms with Gasteiger partial charge in [-0.15, -0.1) is 0 Å². The molecule has 2 atom stereocenters. The van der Waals surface area contributed by atoms with E-state index in [1.165, 1.54) is 218 Å². The summed E-state index contributed by atoms with van der Waals surface area (Å²) in [5.74, 6) is 0.712. The number of hydrogen-bond acceptors (Lipinski definition) is 3. The topological polar surface area (TPSA) is 55.8 Å². The van der Waals surface area contributed by atoms with Crippen molar-refractivity contribution in [1.82, 2.24) is 0 Å². The molecule has 308 valence electrons. The smallest absolute Gasteiger partial charge is 0.302 e. The molecule has 51 heavy (non-hydrogen) atoms. The average Bonchev–Trinajstić information content (AvgIpc) is 3.12. The first-order valence-corrected chi connectivity index (χ1v) is 25.1. The number of unbranched alkanes of at least 4 members (excludes halogenated alkanes) is 30. The predicted octanol–water partition coefficient (Wildman–Crippen LogP) is 17.3. The molecule has 0 bridgehead atoms. The van der Waals surface area contributed by atoms with E-state index in [1.54, 1.807) is 0 Å². The quantitative estimate of drug-likeness (QED) is 0.0499. The van der Waals surface area contributed by atoms with Crippen molar-refractivity contribution in [1.29, 1.82) is 0 Å². The third-order valence-electron chi connectivity index (χ3n) is 11.3. The fraction of sp³-hybridized carbons (Fsp3) is 1.00. The van der Waals surface area contributed by atoms with Gasteiger partial charge in [-0.3, -0.25) is 9.05 Å². The summed E-state index contributed by atoms with van der Waals surface area (Å²) >= 11 is 0. The molecule has 4 nitrogen and oxygen atoms in total. The Balaban J connectivity index is 4.54. The van der Waals surface area contributed by atoms with Crippen LogP contribution in [-0.2, 0) is 13.6 Å². The van der Waals surface area contributed by atoms with E-state index in [0.717, 1.165) is 25.7 Å². The lowest BCUT2D eigenvalue weighted by molar-refractivity contribution is 0.107. The van der Waals surface area contributed by atoms with E-state index in [9.17, 15) is 9.46 Å². The van der Waals surface area contributed by atoms with E-state index in [0.29, 0.717) is 25.0 Å². The average molecular weight is 743 g/mol. The van der Waals surface area contributed by atoms with Crippen LogP contribution < -0.4 is 0 Å². The van der Waals surface area contributed by atoms with Gasteiger partial charge in [-0.25, -0.2) is 4.57 Å². The molecule has 0 heterocycles. The Bertz CT molecular complexity index is 647. The monoisotopic (exact) mass is 743 g/mol. The summed E-state index contributed by atoms with van der Waals surface area (Å²) in [4.78, 5) is 10.8. The third kappa shape index (κ3) is 39.6. The van der Waals surface area contributed by atoms with Gasteiger partial charge in [-0.2, -0.15) is 0 Å². The minimum atomic E-state index is -4.04. The molecule has 0 aliphatic heterocycles. The van der Waals surface area contributed by atoms with Gasteiger partial charge in [-0.05, 0) is 37.5 Å². The highest BCUT2D eigenvalue weighted by atomic mass is 31.2. The molecule has 5 heteroatoms. The summed E-state index contributed by atoms with van der Waals surface area (Å²) in [7, 11) is -4.04. The zero-order valence-electron chi connectivity index (χ0n) is 35.6. The van der Waals surface area contributed by atoms with E-state index in [1.807, 2.05) is 0 Å². The van der Waals surface area contributed by atoms with Gasteiger partial charge < -0.3 is 4.89 Å². The minimum absolute atomic E-state index is 0.356. The second kappa shape index (κ2) is 41.3. The van der Waals surface area contributed by atoms with Crippen LogP contribution in [0.5, 0.6) is 0 Å². The van der Waals surface area contributed by atoms with Crippen LogP contribution >= 0.6 is 7.82 Å². The second-order valence-electron chi connectivity index (χ2n) is 16.6. The first-order valence-electron chi connectivity index (χ1n) is 23.6. The van der Waals surface area contributed by atoms with Gasteiger partial charge in [0.25, 0.3) is 0 Å². The summed E-state index contributed by atoms with van der Waals surface area (Å²) < 4.78 is 24.6. The largest absolute Gasteiger partial charge is 0.472 e. The Morgan fingerprint density at radius 1 is 0.333 bits per heavy atom. The lowest BCUT2D eigenvalue weighted by Crippen LogP contribution is -2.13. The van der Waals surface area contributed by atoms with Crippen molar-refractivity contribution in [3.05, 3.63) is 0 Å². The summed E-state index contributed by atoms with van der Waals surface area (Å²) in [6.45, 7) is 9.82. The van der Waals surface area contributed by atoms with Crippen LogP contribution in [0.3, 0.4) is 0 Å². The zero-order valence-corrected chi connectivity index (χ0v) is 36.5. The molecule has 0 radical (unpaired) electrons. The van der Waals surface area contributed by atoms with Crippen molar-refractivity contribution in [2.75, 3.05) is 13.2 Å². The molecule has 0 rings (SSSR count). The Hall–Kier alpha value is 0.110. The van der Waals surface area contributed by atoms with Crippen LogP contribution in [0.15, 0.2) is 0 Å². The summed E-state index contributed by atoms with van der Waals surface area (Å²) in [6.07, 6.45) is 49.6. The first-order chi connectivity index (χ1) is 25.0. The van der Waals surface area contributed by atoms with Crippen LogP contribution in [0.2, 0.25) is 0 Å². The maximum Gasteiger partial charge on any atom is 0.472 e. The zero-order chi connectivity index (χ0) is 37.4. The van der Waals surface area contributed by atoms with Gasteiger partial charge in [0.1, 0.15) is 0 Å². The highest BCUT2D eigenvalue weighted by Crippen LogP contribution is 2.45. The van der Waals surface area contributed by atoms with Crippen molar-refractivity contribution in [2.45, 2.75) is 272 Å². The molecule has 0 aliphatic rings. The first kappa shape index (κ1) is 51.1. The van der Waals surface area contributed by atoms with E-state index in [2.05, 4.69) is 27.7 Å². The molecule has 0 aromatic rings. The standard InChI is InChI=1S/C46H95O4P/c1-5-9-13-17-19-21-23-25-27-29-33-37-41-45(39-35-31-15-11-7-3)43-49-51(47,48)50-44-46(40-36-32-16-12-8-4)42-38-34-30-28-26-24-22-20-18-14-10-6-2/h45-46H,5-44H2,1-4H3,(H,47,48). The van der Waals surface area contributed by atoms with Crippen molar-refractivity contribution >= 4 is 7.82 Å². The van der Waals surface area contributed by atoms with Gasteiger partial charge in [0.05, 0.1) is 13.2 Å². The fourth-order valence-electron chi connectivity index (χ4n) is 7.68. The van der Waals surface area contributed by atoms with Crippen molar-refractivity contribution < 1.29 is 18.5 Å². The molecule has 2 unspecified atom stereocenters. The molecule has 0 aromatic carbocycles. The molecule has 0 fully saturated rings. The van der Waals surface area contributed by atoms with Crippen LogP contribution in [0.4, 0.5) is 0 Å². The summed E-state index contributed by atoms with van der Waals surface area (Å²) in [5.41, 5.74) is 0. The molecular formula is C46H95O4P. The maximum atomic E-state index is 13.1. The van der Waals surface area contributed by atoms with Crippen molar-refractivity contribution in [3.8, 4) is 0 Å². The molecule has 0 saturated heterocycles. The lowest BCUT2D eigenvalue weighted by Gasteiger charge is -2.22. The van der Waals surface area contributed by atoms with E-state index >= 15 is 0 Å². The SMILES string of the molecule is CCCCCCCCCCCCCCC(CCCCCCC)COP(=O)(O)OCC(CCCCCCC)CCCCCCCCCCCCCC. The Morgan fingerprint density at radius 2 is 0.510 bits per heavy atom. The number of phosphoric acid groups is 1. The van der Waals surface area contributed by atoms with Crippen LogP contribution in [-0.4, -0.2) is 18.1 Å². The number of hydrogen-bond donors (Lipinski definition) is 1. The van der Waals surface area contributed by atoms with Gasteiger partial charge >= 0.3 is 7.82 Å². The Kier molecular flexibility index (Phi) is 41.4. The fourth-order valence-corrected chi connectivity index (χ4v) is 8.55. The van der Waals surface area contributed by atoms with Gasteiger partial charge in [0.15, 0.2) is 0 Å². The lowest BCUT2D eigenvalue weighted by atomic mass is 9.95. The van der Waals surface area contributed by atoms with Crippen molar-refractivity contribution in [3.63, 3.8) is 0 Å². The summed E-state index contributed by atoms with van der Waals surface area (Å²) in [6, 6.07) is 0. The highest BCUT2D eigenvalue weighted by molar-refractivity contribution is 7.47. The number of phosphoric ester groups is 1. The maximum absolute atomic E-state index is 13.1. The molecular weight excluding hydrogens is 647 g/mol. The molecule has 0 saturated carbocycles. The van der Waals surface area contributed by atoms with Gasteiger partial charge in [0.2, 0.25) is 0 Å². The van der Waals surface area contributed by atoms with E-state index in [4.69, 9.17) is 9.05 Å². The number of rotatable bonds is 44. The van der Waals surface area contributed by atoms with Gasteiger partial charge in [-0.1, -0.05) is 246 Å². The van der Waals surface area contributed by atoms with Crippen LogP contribution in [0, 0.1) is 11.8 Å². The van der Waals surface area contributed by atoms with Gasteiger partial charge in [0, 0.05) is 0 Å². The van der Waals surface area contributed by atoms with E-state index in [-0.39, 0.29) is 0 Å². The Morgan fingerprint density at radius 3 is 0.706 bits per heavy atom. The van der Waals surface area contributed by atoms with Crippen LogP contribution in [0.1, 0.15) is 272 Å². The second-order valence-corrected chi connectivity index (χ2v) is 18.0. The molecule has 0 aliphatic carbocycles. The van der Waals surface area contributed by atoms with E-state index < -0.39 is 7.82 Å². The predicted molar refractivity (Wildman–Crippen MR) is 227 cm³/mol.